The number of carboxylic acids is 1. The zero-order valence-corrected chi connectivity index (χ0v) is 10.5. The van der Waals surface area contributed by atoms with Crippen LogP contribution in [0.1, 0.15) is 15.9 Å². The van der Waals surface area contributed by atoms with E-state index in [9.17, 15) is 4.79 Å². The summed E-state index contributed by atoms with van der Waals surface area (Å²) >= 11 is 0. The van der Waals surface area contributed by atoms with Crippen molar-refractivity contribution in [3.63, 3.8) is 0 Å². The number of aromatic nitrogens is 1. The number of carboxylic acid groups (broad SMARTS) is 1. The maximum absolute atomic E-state index is 11.2. The lowest BCUT2D eigenvalue weighted by Crippen LogP contribution is -2.00. The van der Waals surface area contributed by atoms with Gasteiger partial charge >= 0.3 is 5.97 Å². The molecule has 0 aliphatic carbocycles. The first kappa shape index (κ1) is 11.5. The number of hydrogen-bond acceptors (Lipinski definition) is 1. The number of H-pyrrole nitrogens is 1. The fourth-order valence-electron chi connectivity index (χ4n) is 2.40. The molecular weight excluding hydrogens is 238 g/mol. The molecule has 0 spiro atoms. The molecule has 0 radical (unpaired) electrons. The van der Waals surface area contributed by atoms with Crippen LogP contribution in [0.3, 0.4) is 0 Å². The average molecular weight is 251 g/mol. The fraction of sp³-hybridized carbons (Fsp3) is 0.0625. The van der Waals surface area contributed by atoms with E-state index in [0.717, 1.165) is 27.6 Å². The monoisotopic (exact) mass is 251 g/mol. The average Bonchev–Trinajstić information content (AvgIpc) is 2.85. The van der Waals surface area contributed by atoms with E-state index in [2.05, 4.69) is 4.98 Å². The molecule has 94 valence electrons. The molecule has 0 unspecified atom stereocenters. The Hall–Kier alpha value is -2.55. The molecule has 2 aromatic carbocycles. The zero-order valence-electron chi connectivity index (χ0n) is 10.5. The third-order valence-electron chi connectivity index (χ3n) is 3.43. The topological polar surface area (TPSA) is 53.1 Å². The number of nitrogens with one attached hydrogen (secondary N) is 1. The van der Waals surface area contributed by atoms with Crippen LogP contribution in [0.25, 0.3) is 22.0 Å². The van der Waals surface area contributed by atoms with Crippen LogP contribution in [0, 0.1) is 6.92 Å². The van der Waals surface area contributed by atoms with Gasteiger partial charge in [0.1, 0.15) is 0 Å². The molecule has 0 bridgehead atoms. The van der Waals surface area contributed by atoms with Crippen LogP contribution in [0.4, 0.5) is 0 Å². The second-order valence-electron chi connectivity index (χ2n) is 4.56. The first-order valence-corrected chi connectivity index (χ1v) is 6.07. The molecule has 0 saturated heterocycles. The number of hydrogen-bond donors (Lipinski definition) is 2. The van der Waals surface area contributed by atoms with Crippen LogP contribution >= 0.6 is 0 Å². The summed E-state index contributed by atoms with van der Waals surface area (Å²) in [5.41, 5.74) is 4.18. The molecule has 2 N–H and O–H groups in total. The highest BCUT2D eigenvalue weighted by Crippen LogP contribution is 2.28. The molecule has 0 aliphatic rings. The predicted molar refractivity (Wildman–Crippen MR) is 75.4 cm³/mol. The standard InChI is InChI=1S/C16H13NO2/c1-10-13(3-2-4-14(10)16(18)19)12-6-5-11-7-8-17-15(11)9-12/h2-9,17H,1H3,(H,18,19). The molecule has 0 fully saturated rings. The molecule has 3 nitrogen and oxygen atoms in total. The summed E-state index contributed by atoms with van der Waals surface area (Å²) in [5.74, 6) is -0.889. The van der Waals surface area contributed by atoms with E-state index in [-0.39, 0.29) is 0 Å². The highest BCUT2D eigenvalue weighted by atomic mass is 16.4. The molecule has 0 saturated carbocycles. The van der Waals surface area contributed by atoms with Gasteiger partial charge in [0, 0.05) is 11.7 Å². The lowest BCUT2D eigenvalue weighted by molar-refractivity contribution is 0.0696. The molecule has 3 aromatic rings. The van der Waals surface area contributed by atoms with E-state index < -0.39 is 5.97 Å². The largest absolute Gasteiger partial charge is 0.478 e. The van der Waals surface area contributed by atoms with Gasteiger partial charge in [0.2, 0.25) is 0 Å². The van der Waals surface area contributed by atoms with Crippen molar-refractivity contribution in [2.75, 3.05) is 0 Å². The highest BCUT2D eigenvalue weighted by molar-refractivity contribution is 5.93. The van der Waals surface area contributed by atoms with Gasteiger partial charge in [0.15, 0.2) is 0 Å². The molecule has 3 heteroatoms. The van der Waals surface area contributed by atoms with E-state index in [1.165, 1.54) is 0 Å². The quantitative estimate of drug-likeness (QED) is 0.727. The molecule has 1 aromatic heterocycles. The Bertz CT molecular complexity index is 771. The summed E-state index contributed by atoms with van der Waals surface area (Å²) in [6.45, 7) is 1.84. The summed E-state index contributed by atoms with van der Waals surface area (Å²) in [5, 5.41) is 10.3. The molecule has 0 amide bonds. The fourth-order valence-corrected chi connectivity index (χ4v) is 2.40. The van der Waals surface area contributed by atoms with Crippen LogP contribution in [0.5, 0.6) is 0 Å². The highest BCUT2D eigenvalue weighted by Gasteiger charge is 2.11. The Kier molecular flexibility index (Phi) is 2.60. The van der Waals surface area contributed by atoms with Crippen molar-refractivity contribution in [2.45, 2.75) is 6.92 Å². The Morgan fingerprint density at radius 3 is 2.79 bits per heavy atom. The molecule has 19 heavy (non-hydrogen) atoms. The maximum Gasteiger partial charge on any atom is 0.335 e. The smallest absolute Gasteiger partial charge is 0.335 e. The van der Waals surface area contributed by atoms with Gasteiger partial charge in [-0.25, -0.2) is 4.79 Å². The number of fused-ring (bicyclic) bond motifs is 1. The minimum absolute atomic E-state index is 0.351. The Labute approximate surface area is 110 Å². The van der Waals surface area contributed by atoms with E-state index in [1.54, 1.807) is 12.1 Å². The predicted octanol–water partition coefficient (Wildman–Crippen LogP) is 3.84. The SMILES string of the molecule is Cc1c(C(=O)O)cccc1-c1ccc2cc[nH]c2c1. The van der Waals surface area contributed by atoms with Crippen molar-refractivity contribution in [3.8, 4) is 11.1 Å². The van der Waals surface area contributed by atoms with Crippen molar-refractivity contribution in [2.24, 2.45) is 0 Å². The summed E-state index contributed by atoms with van der Waals surface area (Å²) in [7, 11) is 0. The summed E-state index contributed by atoms with van der Waals surface area (Å²) < 4.78 is 0. The van der Waals surface area contributed by atoms with E-state index in [0.29, 0.717) is 5.56 Å². The first-order chi connectivity index (χ1) is 9.16. The molecule has 0 atom stereocenters. The second kappa shape index (κ2) is 4.28. The van der Waals surface area contributed by atoms with Crippen LogP contribution in [-0.2, 0) is 0 Å². The van der Waals surface area contributed by atoms with Crippen molar-refractivity contribution in [3.05, 3.63) is 59.8 Å². The summed E-state index contributed by atoms with van der Waals surface area (Å²) in [4.78, 5) is 14.3. The van der Waals surface area contributed by atoms with Crippen molar-refractivity contribution in [1.82, 2.24) is 4.98 Å². The Balaban J connectivity index is 2.20. The van der Waals surface area contributed by atoms with E-state index in [4.69, 9.17) is 5.11 Å². The molecular formula is C16H13NO2. The van der Waals surface area contributed by atoms with Crippen LogP contribution < -0.4 is 0 Å². The third-order valence-corrected chi connectivity index (χ3v) is 3.43. The van der Waals surface area contributed by atoms with Crippen molar-refractivity contribution < 1.29 is 9.90 Å². The lowest BCUT2D eigenvalue weighted by Gasteiger charge is -2.09. The van der Waals surface area contributed by atoms with Crippen LogP contribution in [0.15, 0.2) is 48.7 Å². The molecule has 0 aliphatic heterocycles. The summed E-state index contributed by atoms with van der Waals surface area (Å²) in [6.07, 6.45) is 1.90. The van der Waals surface area contributed by atoms with E-state index >= 15 is 0 Å². The number of aromatic amines is 1. The Morgan fingerprint density at radius 1 is 1.16 bits per heavy atom. The van der Waals surface area contributed by atoms with Crippen molar-refractivity contribution >= 4 is 16.9 Å². The van der Waals surface area contributed by atoms with Gasteiger partial charge in [-0.1, -0.05) is 24.3 Å². The first-order valence-electron chi connectivity index (χ1n) is 6.07. The van der Waals surface area contributed by atoms with Crippen LogP contribution in [-0.4, -0.2) is 16.1 Å². The van der Waals surface area contributed by atoms with Gasteiger partial charge in [-0.05, 0) is 47.2 Å². The minimum atomic E-state index is -0.889. The zero-order chi connectivity index (χ0) is 13.4. The van der Waals surface area contributed by atoms with Gasteiger partial charge in [0.05, 0.1) is 5.56 Å². The molecule has 3 rings (SSSR count). The van der Waals surface area contributed by atoms with Gasteiger partial charge in [-0.3, -0.25) is 0 Å². The van der Waals surface area contributed by atoms with Gasteiger partial charge in [0.25, 0.3) is 0 Å². The Morgan fingerprint density at radius 2 is 2.00 bits per heavy atom. The second-order valence-corrected chi connectivity index (χ2v) is 4.56. The van der Waals surface area contributed by atoms with Crippen molar-refractivity contribution in [1.29, 1.82) is 0 Å². The lowest BCUT2D eigenvalue weighted by atomic mass is 9.96. The van der Waals surface area contributed by atoms with E-state index in [1.807, 2.05) is 43.5 Å². The number of rotatable bonds is 2. The normalized spacial score (nSPS) is 10.8. The number of benzene rings is 2. The molecule has 1 heterocycles. The third kappa shape index (κ3) is 1.89. The minimum Gasteiger partial charge on any atom is -0.478 e. The maximum atomic E-state index is 11.2. The van der Waals surface area contributed by atoms with Crippen LogP contribution in [0.2, 0.25) is 0 Å². The van der Waals surface area contributed by atoms with Gasteiger partial charge in [-0.15, -0.1) is 0 Å². The number of carbonyl (C=O) groups is 1. The van der Waals surface area contributed by atoms with Gasteiger partial charge < -0.3 is 10.1 Å². The van der Waals surface area contributed by atoms with Gasteiger partial charge in [-0.2, -0.15) is 0 Å². The number of aromatic carboxylic acids is 1. The summed E-state index contributed by atoms with van der Waals surface area (Å²) in [6, 6.07) is 13.5.